The van der Waals surface area contributed by atoms with E-state index >= 15 is 0 Å². The molecule has 0 saturated carbocycles. The lowest BCUT2D eigenvalue weighted by Crippen LogP contribution is -2.35. The third-order valence-corrected chi connectivity index (χ3v) is 3.86. The number of carboxylic acids is 1. The molecule has 2 aromatic carbocycles. The van der Waals surface area contributed by atoms with Crippen LogP contribution >= 0.6 is 0 Å². The minimum Gasteiger partial charge on any atom is -0.481 e. The summed E-state index contributed by atoms with van der Waals surface area (Å²) in [5.74, 6) is -2.75. The maximum absolute atomic E-state index is 13.2. The first-order chi connectivity index (χ1) is 11.5. The Bertz CT molecular complexity index is 703. The molecule has 0 spiro atoms. The molecular weight excluding hydrogens is 309 g/mol. The van der Waals surface area contributed by atoms with E-state index in [0.717, 1.165) is 5.56 Å². The number of benzene rings is 2. The average molecular weight is 329 g/mol. The maximum atomic E-state index is 13.2. The highest BCUT2D eigenvalue weighted by molar-refractivity contribution is 5.81. The summed E-state index contributed by atoms with van der Waals surface area (Å²) in [6.45, 7) is 1.75. The number of halogens is 1. The van der Waals surface area contributed by atoms with E-state index in [0.29, 0.717) is 12.0 Å². The van der Waals surface area contributed by atoms with Crippen molar-refractivity contribution in [2.75, 3.05) is 6.54 Å². The molecule has 0 aromatic heterocycles. The van der Waals surface area contributed by atoms with Gasteiger partial charge in [-0.25, -0.2) is 4.39 Å². The van der Waals surface area contributed by atoms with Crippen molar-refractivity contribution in [3.05, 3.63) is 71.5 Å². The van der Waals surface area contributed by atoms with Crippen molar-refractivity contribution in [1.82, 2.24) is 5.32 Å². The van der Waals surface area contributed by atoms with E-state index in [2.05, 4.69) is 5.32 Å². The van der Waals surface area contributed by atoms with Crippen LogP contribution in [0.2, 0.25) is 0 Å². The molecule has 2 rings (SSSR count). The number of carboxylic acid groups (broad SMARTS) is 1. The van der Waals surface area contributed by atoms with E-state index in [1.807, 2.05) is 6.07 Å². The lowest BCUT2D eigenvalue weighted by Gasteiger charge is -2.16. The molecule has 2 atom stereocenters. The van der Waals surface area contributed by atoms with Gasteiger partial charge in [0.2, 0.25) is 5.91 Å². The van der Waals surface area contributed by atoms with Gasteiger partial charge in [-0.3, -0.25) is 9.59 Å². The first kappa shape index (κ1) is 17.7. The van der Waals surface area contributed by atoms with E-state index in [4.69, 9.17) is 0 Å². The van der Waals surface area contributed by atoms with Crippen LogP contribution in [0, 0.1) is 11.7 Å². The molecular formula is C19H20FNO3. The predicted molar refractivity (Wildman–Crippen MR) is 89.1 cm³/mol. The Morgan fingerprint density at radius 1 is 1.12 bits per heavy atom. The molecule has 0 bridgehead atoms. The quantitative estimate of drug-likeness (QED) is 0.821. The van der Waals surface area contributed by atoms with Crippen molar-refractivity contribution in [3.63, 3.8) is 0 Å². The first-order valence-corrected chi connectivity index (χ1v) is 7.77. The molecule has 2 aromatic rings. The minimum absolute atomic E-state index is 0.0195. The van der Waals surface area contributed by atoms with Gasteiger partial charge in [0.1, 0.15) is 5.82 Å². The molecule has 0 heterocycles. The largest absolute Gasteiger partial charge is 0.481 e. The SMILES string of the molecule is CC(Cc1cccc(F)c1)C(=O)NCC(C(=O)O)c1ccccc1. The second-order valence-corrected chi connectivity index (χ2v) is 5.78. The van der Waals surface area contributed by atoms with Crippen LogP contribution in [0.15, 0.2) is 54.6 Å². The van der Waals surface area contributed by atoms with Crippen molar-refractivity contribution >= 4 is 11.9 Å². The Kier molecular flexibility index (Phi) is 6.07. The standard InChI is InChI=1S/C19H20FNO3/c1-13(10-14-6-5-9-16(20)11-14)18(22)21-12-17(19(23)24)15-7-3-2-4-8-15/h2-9,11,13,17H,10,12H2,1H3,(H,21,22)(H,23,24). The van der Waals surface area contributed by atoms with Crippen LogP contribution in [0.1, 0.15) is 24.0 Å². The first-order valence-electron chi connectivity index (χ1n) is 7.77. The second-order valence-electron chi connectivity index (χ2n) is 5.78. The molecule has 2 N–H and O–H groups in total. The molecule has 1 amide bonds. The zero-order chi connectivity index (χ0) is 17.5. The van der Waals surface area contributed by atoms with Crippen LogP contribution in [-0.4, -0.2) is 23.5 Å². The summed E-state index contributed by atoms with van der Waals surface area (Å²) in [4.78, 5) is 23.6. The van der Waals surface area contributed by atoms with E-state index in [-0.39, 0.29) is 24.2 Å². The summed E-state index contributed by atoms with van der Waals surface area (Å²) in [5.41, 5.74) is 1.37. The fourth-order valence-corrected chi connectivity index (χ4v) is 2.52. The summed E-state index contributed by atoms with van der Waals surface area (Å²) in [6, 6.07) is 14.9. The molecule has 24 heavy (non-hydrogen) atoms. The molecule has 4 nitrogen and oxygen atoms in total. The van der Waals surface area contributed by atoms with Crippen molar-refractivity contribution in [3.8, 4) is 0 Å². The third kappa shape index (κ3) is 4.91. The number of nitrogens with one attached hydrogen (secondary N) is 1. The van der Waals surface area contributed by atoms with Crippen LogP contribution < -0.4 is 5.32 Å². The highest BCUT2D eigenvalue weighted by Crippen LogP contribution is 2.16. The zero-order valence-electron chi connectivity index (χ0n) is 13.4. The molecule has 2 unspecified atom stereocenters. The second kappa shape index (κ2) is 8.24. The number of carbonyl (C=O) groups excluding carboxylic acids is 1. The Balaban J connectivity index is 1.94. The Hall–Kier alpha value is -2.69. The van der Waals surface area contributed by atoms with Crippen LogP contribution in [0.25, 0.3) is 0 Å². The smallest absolute Gasteiger partial charge is 0.312 e. The third-order valence-electron chi connectivity index (χ3n) is 3.86. The molecule has 0 saturated heterocycles. The summed E-state index contributed by atoms with van der Waals surface area (Å²) in [6.07, 6.45) is 0.396. The van der Waals surface area contributed by atoms with Gasteiger partial charge in [-0.15, -0.1) is 0 Å². The number of aliphatic carboxylic acids is 1. The lowest BCUT2D eigenvalue weighted by atomic mass is 9.97. The van der Waals surface area contributed by atoms with Crippen molar-refractivity contribution < 1.29 is 19.1 Å². The summed E-state index contributed by atoms with van der Waals surface area (Å²) in [5, 5.41) is 12.0. The van der Waals surface area contributed by atoms with Gasteiger partial charge in [0.15, 0.2) is 0 Å². The predicted octanol–water partition coefficient (Wildman–Crippen LogP) is 2.99. The Labute approximate surface area is 140 Å². The monoisotopic (exact) mass is 329 g/mol. The fraction of sp³-hybridized carbons (Fsp3) is 0.263. The van der Waals surface area contributed by atoms with Crippen molar-refractivity contribution in [2.45, 2.75) is 19.3 Å². The van der Waals surface area contributed by atoms with Gasteiger partial charge < -0.3 is 10.4 Å². The molecule has 0 fully saturated rings. The van der Waals surface area contributed by atoms with Crippen LogP contribution in [-0.2, 0) is 16.0 Å². The van der Waals surface area contributed by atoms with Crippen molar-refractivity contribution in [2.24, 2.45) is 5.92 Å². The van der Waals surface area contributed by atoms with Gasteiger partial charge >= 0.3 is 5.97 Å². The topological polar surface area (TPSA) is 66.4 Å². The lowest BCUT2D eigenvalue weighted by molar-refractivity contribution is -0.138. The van der Waals surface area contributed by atoms with Gasteiger partial charge in [-0.05, 0) is 29.7 Å². The van der Waals surface area contributed by atoms with Gasteiger partial charge in [-0.2, -0.15) is 0 Å². The van der Waals surface area contributed by atoms with E-state index in [9.17, 15) is 19.1 Å². The highest BCUT2D eigenvalue weighted by Gasteiger charge is 2.22. The number of amides is 1. The van der Waals surface area contributed by atoms with Crippen LogP contribution in [0.4, 0.5) is 4.39 Å². The van der Waals surface area contributed by atoms with Crippen LogP contribution in [0.3, 0.4) is 0 Å². The molecule has 126 valence electrons. The molecule has 0 aliphatic carbocycles. The molecule has 0 radical (unpaired) electrons. The summed E-state index contributed by atoms with van der Waals surface area (Å²) in [7, 11) is 0. The highest BCUT2D eigenvalue weighted by atomic mass is 19.1. The van der Waals surface area contributed by atoms with Gasteiger partial charge in [0.05, 0.1) is 5.92 Å². The van der Waals surface area contributed by atoms with E-state index in [1.165, 1.54) is 12.1 Å². The van der Waals surface area contributed by atoms with Gasteiger partial charge in [0, 0.05) is 12.5 Å². The zero-order valence-corrected chi connectivity index (χ0v) is 13.4. The van der Waals surface area contributed by atoms with E-state index in [1.54, 1.807) is 43.3 Å². The Morgan fingerprint density at radius 3 is 2.46 bits per heavy atom. The van der Waals surface area contributed by atoms with Gasteiger partial charge in [-0.1, -0.05) is 49.4 Å². The fourth-order valence-electron chi connectivity index (χ4n) is 2.52. The number of rotatable bonds is 7. The van der Waals surface area contributed by atoms with Gasteiger partial charge in [0.25, 0.3) is 0 Å². The number of carbonyl (C=O) groups is 2. The average Bonchev–Trinajstić information content (AvgIpc) is 2.55. The Morgan fingerprint density at radius 2 is 1.83 bits per heavy atom. The molecule has 5 heteroatoms. The summed E-state index contributed by atoms with van der Waals surface area (Å²) >= 11 is 0. The van der Waals surface area contributed by atoms with Crippen LogP contribution in [0.5, 0.6) is 0 Å². The molecule has 0 aliphatic rings. The summed E-state index contributed by atoms with van der Waals surface area (Å²) < 4.78 is 13.2. The maximum Gasteiger partial charge on any atom is 0.312 e. The minimum atomic E-state index is -0.987. The van der Waals surface area contributed by atoms with Crippen molar-refractivity contribution in [1.29, 1.82) is 0 Å². The van der Waals surface area contributed by atoms with E-state index < -0.39 is 11.9 Å². The normalized spacial score (nSPS) is 13.1. The number of hydrogen-bond acceptors (Lipinski definition) is 2. The molecule has 0 aliphatic heterocycles. The number of hydrogen-bond donors (Lipinski definition) is 2.